The number of piperidine rings is 1. The topological polar surface area (TPSA) is 45.2 Å². The number of fused-ring (bicyclic) bond motifs is 1. The maximum atomic E-state index is 13.7. The van der Waals surface area contributed by atoms with Crippen LogP contribution in [-0.4, -0.2) is 42.0 Å². The number of nitrogens with zero attached hydrogens (tertiary/aromatic N) is 2. The summed E-state index contributed by atoms with van der Waals surface area (Å²) in [7, 11) is 1.93. The van der Waals surface area contributed by atoms with Crippen LogP contribution < -0.4 is 5.32 Å². The molecule has 2 aromatic rings. The zero-order valence-electron chi connectivity index (χ0n) is 13.9. The highest BCUT2D eigenvalue weighted by atomic mass is 19.1. The van der Waals surface area contributed by atoms with Gasteiger partial charge in [0, 0.05) is 36.1 Å². The van der Waals surface area contributed by atoms with Gasteiger partial charge in [0.05, 0.1) is 11.1 Å². The summed E-state index contributed by atoms with van der Waals surface area (Å²) in [5.41, 5.74) is 2.28. The quantitative estimate of drug-likeness (QED) is 0.942. The Hall–Kier alpha value is -2.01. The molecule has 126 valence electrons. The van der Waals surface area contributed by atoms with Crippen molar-refractivity contribution >= 4 is 16.8 Å². The average Bonchev–Trinajstić information content (AvgIpc) is 3.45. The van der Waals surface area contributed by atoms with Gasteiger partial charge in [0.25, 0.3) is 5.91 Å². The van der Waals surface area contributed by atoms with Crippen LogP contribution in [0.2, 0.25) is 0 Å². The maximum absolute atomic E-state index is 13.7. The molecule has 1 aliphatic heterocycles. The molecular weight excluding hydrogens is 305 g/mol. The summed E-state index contributed by atoms with van der Waals surface area (Å²) in [5, 5.41) is 3.88. The van der Waals surface area contributed by atoms with E-state index in [0.717, 1.165) is 37.9 Å². The van der Waals surface area contributed by atoms with E-state index in [1.165, 1.54) is 12.1 Å². The van der Waals surface area contributed by atoms with E-state index >= 15 is 0 Å². The molecule has 1 unspecified atom stereocenters. The van der Waals surface area contributed by atoms with Crippen LogP contribution in [0.5, 0.6) is 0 Å². The van der Waals surface area contributed by atoms with Crippen LogP contribution in [0.4, 0.5) is 4.39 Å². The van der Waals surface area contributed by atoms with Gasteiger partial charge in [-0.1, -0.05) is 0 Å². The fourth-order valence-electron chi connectivity index (χ4n) is 3.55. The zero-order chi connectivity index (χ0) is 16.7. The number of hydrogen-bond acceptors (Lipinski definition) is 3. The van der Waals surface area contributed by atoms with Gasteiger partial charge < -0.3 is 10.2 Å². The Labute approximate surface area is 141 Å². The molecule has 1 aromatic heterocycles. The van der Waals surface area contributed by atoms with E-state index in [2.05, 4.69) is 10.3 Å². The van der Waals surface area contributed by atoms with Crippen molar-refractivity contribution in [2.75, 3.05) is 20.1 Å². The van der Waals surface area contributed by atoms with Gasteiger partial charge in [-0.05, 0) is 57.0 Å². The molecule has 1 saturated carbocycles. The minimum Gasteiger partial charge on any atom is -0.337 e. The van der Waals surface area contributed by atoms with E-state index in [-0.39, 0.29) is 11.7 Å². The fourth-order valence-corrected chi connectivity index (χ4v) is 3.55. The van der Waals surface area contributed by atoms with Crippen LogP contribution in [0.3, 0.4) is 0 Å². The first-order chi connectivity index (χ1) is 11.7. The number of halogens is 1. The Morgan fingerprint density at radius 2 is 2.12 bits per heavy atom. The van der Waals surface area contributed by atoms with Crippen molar-refractivity contribution in [3.63, 3.8) is 0 Å². The first-order valence-corrected chi connectivity index (χ1v) is 8.72. The number of hydrogen-bond donors (Lipinski definition) is 1. The predicted molar refractivity (Wildman–Crippen MR) is 91.7 cm³/mol. The Kier molecular flexibility index (Phi) is 3.96. The summed E-state index contributed by atoms with van der Waals surface area (Å²) >= 11 is 0. The van der Waals surface area contributed by atoms with Crippen molar-refractivity contribution in [3.05, 3.63) is 41.3 Å². The van der Waals surface area contributed by atoms with E-state index in [4.69, 9.17) is 0 Å². The Balaban J connectivity index is 1.76. The molecule has 0 radical (unpaired) electrons. The molecule has 2 fully saturated rings. The SMILES string of the molecule is CNC1CCCN(C(=O)c2cc(C3CC3)nc3ccc(F)cc23)C1. The number of likely N-dealkylation sites (tertiary alicyclic amines) is 1. The average molecular weight is 327 g/mol. The van der Waals surface area contributed by atoms with E-state index < -0.39 is 0 Å². The van der Waals surface area contributed by atoms with E-state index in [1.807, 2.05) is 18.0 Å². The number of likely N-dealkylation sites (N-methyl/N-ethyl adjacent to an activating group) is 1. The van der Waals surface area contributed by atoms with Crippen LogP contribution in [0, 0.1) is 5.82 Å². The molecule has 0 spiro atoms. The normalized spacial score (nSPS) is 21.2. The number of carbonyl (C=O) groups is 1. The van der Waals surface area contributed by atoms with Crippen LogP contribution in [-0.2, 0) is 0 Å². The second kappa shape index (κ2) is 6.13. The van der Waals surface area contributed by atoms with Crippen molar-refractivity contribution in [3.8, 4) is 0 Å². The first kappa shape index (κ1) is 15.5. The van der Waals surface area contributed by atoms with E-state index in [9.17, 15) is 9.18 Å². The fraction of sp³-hybridized carbons (Fsp3) is 0.474. The van der Waals surface area contributed by atoms with Gasteiger partial charge in [-0.15, -0.1) is 0 Å². The van der Waals surface area contributed by atoms with Crippen LogP contribution in [0.25, 0.3) is 10.9 Å². The Morgan fingerprint density at radius 3 is 2.88 bits per heavy atom. The van der Waals surface area contributed by atoms with Gasteiger partial charge in [-0.3, -0.25) is 9.78 Å². The van der Waals surface area contributed by atoms with E-state index in [1.54, 1.807) is 6.07 Å². The third-order valence-corrected chi connectivity index (χ3v) is 5.13. The molecular formula is C19H22FN3O. The molecule has 4 nitrogen and oxygen atoms in total. The van der Waals surface area contributed by atoms with Gasteiger partial charge in [0.2, 0.25) is 0 Å². The standard InChI is InChI=1S/C19H22FN3O/c1-21-14-3-2-8-23(11-14)19(24)16-10-18(12-4-5-12)22-17-7-6-13(20)9-15(16)17/h6-7,9-10,12,14,21H,2-5,8,11H2,1H3. The van der Waals surface area contributed by atoms with Gasteiger partial charge in [-0.2, -0.15) is 0 Å². The molecule has 1 aliphatic carbocycles. The minimum atomic E-state index is -0.329. The molecule has 2 heterocycles. The highest BCUT2D eigenvalue weighted by molar-refractivity contribution is 6.06. The lowest BCUT2D eigenvalue weighted by molar-refractivity contribution is 0.0700. The smallest absolute Gasteiger partial charge is 0.254 e. The summed E-state index contributed by atoms with van der Waals surface area (Å²) in [6.07, 6.45) is 4.32. The molecule has 1 saturated heterocycles. The summed E-state index contributed by atoms with van der Waals surface area (Å²) < 4.78 is 13.7. The lowest BCUT2D eigenvalue weighted by atomic mass is 10.0. The monoisotopic (exact) mass is 327 g/mol. The molecule has 5 heteroatoms. The number of carbonyl (C=O) groups excluding carboxylic acids is 1. The predicted octanol–water partition coefficient (Wildman–Crippen LogP) is 3.08. The number of nitrogens with one attached hydrogen (secondary N) is 1. The van der Waals surface area contributed by atoms with Crippen molar-refractivity contribution in [1.82, 2.24) is 15.2 Å². The number of amides is 1. The summed E-state index contributed by atoms with van der Waals surface area (Å²) in [6, 6.07) is 6.75. The van der Waals surface area contributed by atoms with Gasteiger partial charge in [-0.25, -0.2) is 4.39 Å². The molecule has 1 N–H and O–H groups in total. The highest BCUT2D eigenvalue weighted by Gasteiger charge is 2.29. The molecule has 1 amide bonds. The number of aromatic nitrogens is 1. The Bertz CT molecular complexity index is 788. The summed E-state index contributed by atoms with van der Waals surface area (Å²) in [4.78, 5) is 19.7. The number of benzene rings is 1. The minimum absolute atomic E-state index is 0.00477. The van der Waals surface area contributed by atoms with Crippen molar-refractivity contribution < 1.29 is 9.18 Å². The van der Waals surface area contributed by atoms with Gasteiger partial charge >= 0.3 is 0 Å². The molecule has 2 aliphatic rings. The van der Waals surface area contributed by atoms with Gasteiger partial charge in [0.15, 0.2) is 0 Å². The summed E-state index contributed by atoms with van der Waals surface area (Å²) in [6.45, 7) is 1.46. The van der Waals surface area contributed by atoms with Crippen LogP contribution in [0.15, 0.2) is 24.3 Å². The number of rotatable bonds is 3. The maximum Gasteiger partial charge on any atom is 0.254 e. The molecule has 0 bridgehead atoms. The van der Waals surface area contributed by atoms with Crippen LogP contribution in [0.1, 0.15) is 47.7 Å². The number of pyridine rings is 1. The van der Waals surface area contributed by atoms with E-state index in [0.29, 0.717) is 35.0 Å². The molecule has 24 heavy (non-hydrogen) atoms. The first-order valence-electron chi connectivity index (χ1n) is 8.72. The zero-order valence-corrected chi connectivity index (χ0v) is 13.9. The van der Waals surface area contributed by atoms with Gasteiger partial charge in [0.1, 0.15) is 5.82 Å². The Morgan fingerprint density at radius 1 is 1.29 bits per heavy atom. The van der Waals surface area contributed by atoms with Crippen LogP contribution >= 0.6 is 0 Å². The van der Waals surface area contributed by atoms with Crippen molar-refractivity contribution in [2.45, 2.75) is 37.6 Å². The summed E-state index contributed by atoms with van der Waals surface area (Å²) in [5.74, 6) is 0.122. The molecule has 4 rings (SSSR count). The second-order valence-electron chi connectivity index (χ2n) is 6.91. The van der Waals surface area contributed by atoms with Crippen molar-refractivity contribution in [1.29, 1.82) is 0 Å². The highest BCUT2D eigenvalue weighted by Crippen LogP contribution is 2.40. The third-order valence-electron chi connectivity index (χ3n) is 5.13. The third kappa shape index (κ3) is 2.88. The molecule has 1 atom stereocenters. The second-order valence-corrected chi connectivity index (χ2v) is 6.91. The lowest BCUT2D eigenvalue weighted by Gasteiger charge is -2.33. The van der Waals surface area contributed by atoms with Crippen molar-refractivity contribution in [2.24, 2.45) is 0 Å². The largest absolute Gasteiger partial charge is 0.337 e. The lowest BCUT2D eigenvalue weighted by Crippen LogP contribution is -2.47. The molecule has 1 aromatic carbocycles.